The van der Waals surface area contributed by atoms with Crippen LogP contribution in [-0.2, 0) is 5.28 Å². The Bertz CT molecular complexity index is 169. The second kappa shape index (κ2) is 4.55. The summed E-state index contributed by atoms with van der Waals surface area (Å²) >= 11 is 0.658. The molecule has 1 heteroatoms. The molecule has 1 rings (SSSR count). The molecule has 0 saturated heterocycles. The first-order chi connectivity index (χ1) is 4.93. The Morgan fingerprint density at radius 2 is 1.90 bits per heavy atom. The van der Waals surface area contributed by atoms with Crippen LogP contribution in [0.4, 0.5) is 0 Å². The van der Waals surface area contributed by atoms with Gasteiger partial charge in [0, 0.05) is 0 Å². The van der Waals surface area contributed by atoms with E-state index in [9.17, 15) is 0 Å². The summed E-state index contributed by atoms with van der Waals surface area (Å²) in [6, 6.07) is 10.7. The monoisotopic (exact) mass is 147 g/mol. The van der Waals surface area contributed by atoms with E-state index in [0.717, 1.165) is 0 Å². The lowest BCUT2D eigenvalue weighted by atomic mass is 10.2. The van der Waals surface area contributed by atoms with E-state index in [1.165, 1.54) is 16.1 Å². The summed E-state index contributed by atoms with van der Waals surface area (Å²) in [5, 5.41) is 2.69. The van der Waals surface area contributed by atoms with Gasteiger partial charge in [0.1, 0.15) is 0 Å². The first-order valence-electron chi connectivity index (χ1n) is 3.79. The third kappa shape index (κ3) is 2.56. The van der Waals surface area contributed by atoms with E-state index in [-0.39, 0.29) is 0 Å². The summed E-state index contributed by atoms with van der Waals surface area (Å²) in [5.74, 6) is 0. The van der Waals surface area contributed by atoms with E-state index in [4.69, 9.17) is 0 Å². The third-order valence-electron chi connectivity index (χ3n) is 1.51. The lowest BCUT2D eigenvalue weighted by Gasteiger charge is -1.95. The minimum atomic E-state index is 0.658. The van der Waals surface area contributed by atoms with Gasteiger partial charge in [0.25, 0.3) is 0 Å². The van der Waals surface area contributed by atoms with Gasteiger partial charge < -0.3 is 0 Å². The Morgan fingerprint density at radius 3 is 2.50 bits per heavy atom. The highest BCUT2D eigenvalue weighted by atomic mass is 27.1. The van der Waals surface area contributed by atoms with Gasteiger partial charge in [0.05, 0.1) is 0 Å². The predicted octanol–water partition coefficient (Wildman–Crippen LogP) is 2.33. The molecule has 51 valence electrons. The van der Waals surface area contributed by atoms with Crippen LogP contribution < -0.4 is 0 Å². The van der Waals surface area contributed by atoms with E-state index in [2.05, 4.69) is 37.3 Å². The normalized spacial score (nSPS) is 9.30. The van der Waals surface area contributed by atoms with Gasteiger partial charge in [-0.25, -0.2) is 0 Å². The Kier molecular flexibility index (Phi) is 3.57. The molecular formula is C9H12Al. The van der Waals surface area contributed by atoms with Crippen LogP contribution in [0, 0.1) is 0 Å². The van der Waals surface area contributed by atoms with Crippen molar-refractivity contribution in [3.8, 4) is 0 Å². The number of hydrogen-bond acceptors (Lipinski definition) is 0. The van der Waals surface area contributed by atoms with Crippen LogP contribution in [0.25, 0.3) is 0 Å². The van der Waals surface area contributed by atoms with Crippen molar-refractivity contribution < 1.29 is 0 Å². The quantitative estimate of drug-likeness (QED) is 0.575. The van der Waals surface area contributed by atoms with Crippen LogP contribution in [0.3, 0.4) is 0 Å². The zero-order valence-corrected chi connectivity index (χ0v) is 7.53. The average molecular weight is 147 g/mol. The van der Waals surface area contributed by atoms with Gasteiger partial charge in [-0.1, -0.05) is 48.1 Å². The maximum atomic E-state index is 2.26. The maximum absolute atomic E-state index is 2.26. The molecule has 0 aliphatic carbocycles. The van der Waals surface area contributed by atoms with Crippen LogP contribution in [0.2, 0.25) is 5.28 Å². The van der Waals surface area contributed by atoms with E-state index >= 15 is 0 Å². The van der Waals surface area contributed by atoms with E-state index in [1.807, 2.05) is 0 Å². The first-order valence-corrected chi connectivity index (χ1v) is 5.42. The molecule has 0 N–H and O–H groups in total. The topological polar surface area (TPSA) is 0 Å². The summed E-state index contributed by atoms with van der Waals surface area (Å²) < 4.78 is 0. The molecule has 1 aromatic rings. The molecule has 0 heterocycles. The van der Waals surface area contributed by atoms with Crippen LogP contribution in [0.5, 0.6) is 0 Å². The highest BCUT2D eigenvalue weighted by molar-refractivity contribution is 6.34. The highest BCUT2D eigenvalue weighted by Crippen LogP contribution is 1.98. The van der Waals surface area contributed by atoms with Gasteiger partial charge in [0.15, 0.2) is 0 Å². The van der Waals surface area contributed by atoms with Crippen LogP contribution in [0.15, 0.2) is 30.3 Å². The lowest BCUT2D eigenvalue weighted by molar-refractivity contribution is 1.33. The fraction of sp³-hybridized carbons (Fsp3) is 0.333. The average Bonchev–Trinajstić information content (AvgIpc) is 2.03. The van der Waals surface area contributed by atoms with E-state index < -0.39 is 0 Å². The van der Waals surface area contributed by atoms with Crippen LogP contribution in [0.1, 0.15) is 12.5 Å². The highest BCUT2D eigenvalue weighted by Gasteiger charge is 1.90. The molecular weight excluding hydrogens is 135 g/mol. The van der Waals surface area contributed by atoms with Crippen molar-refractivity contribution in [2.45, 2.75) is 17.5 Å². The molecule has 0 aromatic heterocycles. The zero-order chi connectivity index (χ0) is 7.23. The molecule has 0 unspecified atom stereocenters. The zero-order valence-electron chi connectivity index (χ0n) is 6.38. The van der Waals surface area contributed by atoms with Gasteiger partial charge in [-0.3, -0.25) is 0 Å². The standard InChI is InChI=1S/C7H7.C2H5.Al/c1-7-5-3-2-4-6-7;1-2;/h2-6H,1H2;1H2,2H3;. The molecule has 0 bridgehead atoms. The number of hydrogen-bond donors (Lipinski definition) is 0. The third-order valence-corrected chi connectivity index (χ3v) is 2.85. The Hall–Kier alpha value is -0.248. The fourth-order valence-corrected chi connectivity index (χ4v) is 1.82. The van der Waals surface area contributed by atoms with Crippen molar-refractivity contribution in [1.29, 1.82) is 0 Å². The summed E-state index contributed by atoms with van der Waals surface area (Å²) in [6.45, 7) is 2.26. The largest absolute Gasteiger partial charge is 0.206 e. The number of benzene rings is 1. The molecule has 10 heavy (non-hydrogen) atoms. The molecule has 0 fully saturated rings. The molecule has 0 aliphatic rings. The van der Waals surface area contributed by atoms with Crippen molar-refractivity contribution in [3.05, 3.63) is 35.9 Å². The second-order valence-corrected chi connectivity index (χ2v) is 4.19. The van der Waals surface area contributed by atoms with Crippen molar-refractivity contribution in [2.75, 3.05) is 0 Å². The van der Waals surface area contributed by atoms with Crippen LogP contribution >= 0.6 is 0 Å². The van der Waals surface area contributed by atoms with Crippen molar-refractivity contribution in [2.24, 2.45) is 0 Å². The summed E-state index contributed by atoms with van der Waals surface area (Å²) in [6.07, 6.45) is 0. The SMILES string of the molecule is C[CH2][Al][CH2]c1ccccc1. The molecule has 0 aliphatic heterocycles. The summed E-state index contributed by atoms with van der Waals surface area (Å²) in [7, 11) is 0. The van der Waals surface area contributed by atoms with Gasteiger partial charge >= 0.3 is 0 Å². The van der Waals surface area contributed by atoms with E-state index in [1.54, 1.807) is 0 Å². The Labute approximate surface area is 69.0 Å². The van der Waals surface area contributed by atoms with Crippen molar-refractivity contribution in [3.63, 3.8) is 0 Å². The van der Waals surface area contributed by atoms with Gasteiger partial charge in [-0.2, -0.15) is 0 Å². The molecule has 1 radical (unpaired) electrons. The molecule has 0 saturated carbocycles. The minimum Gasteiger partial charge on any atom is -0.106 e. The van der Waals surface area contributed by atoms with Crippen molar-refractivity contribution >= 4 is 15.2 Å². The molecule has 1 aromatic carbocycles. The Balaban J connectivity index is 2.43. The Morgan fingerprint density at radius 1 is 1.20 bits per heavy atom. The van der Waals surface area contributed by atoms with Gasteiger partial charge in [-0.15, -0.1) is 5.28 Å². The number of rotatable bonds is 3. The van der Waals surface area contributed by atoms with E-state index in [0.29, 0.717) is 15.2 Å². The van der Waals surface area contributed by atoms with Gasteiger partial charge in [0.2, 0.25) is 15.2 Å². The molecule has 0 nitrogen and oxygen atoms in total. The van der Waals surface area contributed by atoms with Crippen LogP contribution in [-0.4, -0.2) is 15.2 Å². The minimum absolute atomic E-state index is 0.658. The summed E-state index contributed by atoms with van der Waals surface area (Å²) in [5.41, 5.74) is 1.50. The molecule has 0 amide bonds. The maximum Gasteiger partial charge on any atom is 0.206 e. The van der Waals surface area contributed by atoms with Crippen molar-refractivity contribution in [1.82, 2.24) is 0 Å². The second-order valence-electron chi connectivity index (χ2n) is 2.39. The lowest BCUT2D eigenvalue weighted by Crippen LogP contribution is -1.92. The molecule has 0 atom stereocenters. The fourth-order valence-electron chi connectivity index (χ4n) is 0.925. The van der Waals surface area contributed by atoms with Gasteiger partial charge in [-0.05, 0) is 0 Å². The summed E-state index contributed by atoms with van der Waals surface area (Å²) in [4.78, 5) is 0. The molecule has 0 spiro atoms. The smallest absolute Gasteiger partial charge is 0.106 e. The predicted molar refractivity (Wildman–Crippen MR) is 46.4 cm³/mol. The first kappa shape index (κ1) is 7.86.